The van der Waals surface area contributed by atoms with Gasteiger partial charge in [-0.1, -0.05) is 50.6 Å². The Morgan fingerprint density at radius 1 is 1.32 bits per heavy atom. The third kappa shape index (κ3) is 3.58. The minimum absolute atomic E-state index is 0.483. The zero-order valence-electron chi connectivity index (χ0n) is 12.4. The molecule has 0 bridgehead atoms. The van der Waals surface area contributed by atoms with Crippen molar-refractivity contribution in [2.45, 2.75) is 45.1 Å². The molecule has 2 nitrogen and oxygen atoms in total. The average Bonchev–Trinajstić information content (AvgIpc) is 2.49. The minimum Gasteiger partial charge on any atom is -0.329 e. The Balaban J connectivity index is 2.06. The summed E-state index contributed by atoms with van der Waals surface area (Å²) in [5, 5.41) is 0. The molecule has 0 radical (unpaired) electrons. The molecule has 2 rings (SSSR count). The Bertz CT molecular complexity index is 363. The van der Waals surface area contributed by atoms with Crippen LogP contribution in [-0.2, 0) is 0 Å². The summed E-state index contributed by atoms with van der Waals surface area (Å²) in [5.41, 5.74) is 7.50. The molecule has 0 saturated carbocycles. The van der Waals surface area contributed by atoms with Gasteiger partial charge in [0.05, 0.1) is 0 Å². The highest BCUT2D eigenvalue weighted by Crippen LogP contribution is 2.27. The van der Waals surface area contributed by atoms with Crippen molar-refractivity contribution in [3.05, 3.63) is 35.9 Å². The molecular weight excluding hydrogens is 232 g/mol. The molecule has 1 aromatic rings. The average molecular weight is 260 g/mol. The van der Waals surface area contributed by atoms with E-state index in [1.54, 1.807) is 0 Å². The van der Waals surface area contributed by atoms with Crippen molar-refractivity contribution in [1.29, 1.82) is 0 Å². The highest BCUT2D eigenvalue weighted by atomic mass is 15.2. The van der Waals surface area contributed by atoms with E-state index in [0.717, 1.165) is 12.5 Å². The van der Waals surface area contributed by atoms with Crippen molar-refractivity contribution >= 4 is 0 Å². The number of nitrogens with two attached hydrogens (primary N) is 1. The maximum Gasteiger partial charge on any atom is 0.0284 e. The van der Waals surface area contributed by atoms with Crippen LogP contribution in [-0.4, -0.2) is 30.6 Å². The zero-order valence-corrected chi connectivity index (χ0v) is 12.4. The van der Waals surface area contributed by atoms with Crippen LogP contribution in [0.3, 0.4) is 0 Å². The van der Waals surface area contributed by atoms with Crippen LogP contribution in [0.15, 0.2) is 30.3 Å². The molecule has 0 spiro atoms. The van der Waals surface area contributed by atoms with Crippen molar-refractivity contribution < 1.29 is 0 Å². The molecule has 19 heavy (non-hydrogen) atoms. The van der Waals surface area contributed by atoms with Crippen LogP contribution in [0.5, 0.6) is 0 Å². The molecule has 2 heteroatoms. The number of hydrogen-bond acceptors (Lipinski definition) is 2. The van der Waals surface area contributed by atoms with Crippen LogP contribution in [0, 0.1) is 5.92 Å². The lowest BCUT2D eigenvalue weighted by Crippen LogP contribution is -2.48. The SMILES string of the molecule is CCC1CCCN(C(CN)C(C)c2ccccc2)C1. The van der Waals surface area contributed by atoms with E-state index in [-0.39, 0.29) is 0 Å². The predicted octanol–water partition coefficient (Wildman–Crippen LogP) is 3.24. The summed E-state index contributed by atoms with van der Waals surface area (Å²) >= 11 is 0. The van der Waals surface area contributed by atoms with Crippen LogP contribution < -0.4 is 5.73 Å². The summed E-state index contributed by atoms with van der Waals surface area (Å²) in [6.07, 6.45) is 4.02. The molecule has 1 aliphatic heterocycles. The molecule has 0 amide bonds. The minimum atomic E-state index is 0.483. The first-order chi connectivity index (χ1) is 9.26. The smallest absolute Gasteiger partial charge is 0.0284 e. The fraction of sp³-hybridized carbons (Fsp3) is 0.647. The van der Waals surface area contributed by atoms with Crippen LogP contribution in [0.2, 0.25) is 0 Å². The van der Waals surface area contributed by atoms with Crippen molar-refractivity contribution in [3.8, 4) is 0 Å². The van der Waals surface area contributed by atoms with Gasteiger partial charge in [-0.15, -0.1) is 0 Å². The van der Waals surface area contributed by atoms with Gasteiger partial charge in [-0.3, -0.25) is 4.90 Å². The highest BCUT2D eigenvalue weighted by molar-refractivity contribution is 5.20. The van der Waals surface area contributed by atoms with E-state index < -0.39 is 0 Å². The fourth-order valence-electron chi connectivity index (χ4n) is 3.38. The molecule has 0 aromatic heterocycles. The van der Waals surface area contributed by atoms with Gasteiger partial charge in [0.15, 0.2) is 0 Å². The van der Waals surface area contributed by atoms with Gasteiger partial charge >= 0.3 is 0 Å². The van der Waals surface area contributed by atoms with Gasteiger partial charge in [-0.25, -0.2) is 0 Å². The normalized spacial score (nSPS) is 24.1. The Morgan fingerprint density at radius 2 is 2.05 bits per heavy atom. The summed E-state index contributed by atoms with van der Waals surface area (Å²) in [6.45, 7) is 7.84. The van der Waals surface area contributed by atoms with E-state index >= 15 is 0 Å². The van der Waals surface area contributed by atoms with E-state index in [4.69, 9.17) is 5.73 Å². The van der Waals surface area contributed by atoms with Crippen molar-refractivity contribution in [2.24, 2.45) is 11.7 Å². The quantitative estimate of drug-likeness (QED) is 0.880. The highest BCUT2D eigenvalue weighted by Gasteiger charge is 2.28. The number of nitrogens with zero attached hydrogens (tertiary/aromatic N) is 1. The first-order valence-corrected chi connectivity index (χ1v) is 7.75. The van der Waals surface area contributed by atoms with Crippen molar-refractivity contribution in [1.82, 2.24) is 4.90 Å². The van der Waals surface area contributed by atoms with Crippen molar-refractivity contribution in [3.63, 3.8) is 0 Å². The monoisotopic (exact) mass is 260 g/mol. The molecule has 0 aliphatic carbocycles. The van der Waals surface area contributed by atoms with Crippen LogP contribution in [0.4, 0.5) is 0 Å². The second kappa shape index (κ2) is 7.06. The second-order valence-corrected chi connectivity index (χ2v) is 5.91. The van der Waals surface area contributed by atoms with Crippen LogP contribution >= 0.6 is 0 Å². The summed E-state index contributed by atoms with van der Waals surface area (Å²) in [6, 6.07) is 11.3. The standard InChI is InChI=1S/C17H28N2/c1-3-15-8-7-11-19(13-15)17(12-18)14(2)16-9-5-4-6-10-16/h4-6,9-10,14-15,17H,3,7-8,11-13,18H2,1-2H3. The summed E-state index contributed by atoms with van der Waals surface area (Å²) < 4.78 is 0. The Morgan fingerprint density at radius 3 is 2.68 bits per heavy atom. The number of likely N-dealkylation sites (tertiary alicyclic amines) is 1. The Kier molecular flexibility index (Phi) is 5.41. The summed E-state index contributed by atoms with van der Waals surface area (Å²) in [5.74, 6) is 1.38. The molecule has 1 fully saturated rings. The fourth-order valence-corrected chi connectivity index (χ4v) is 3.38. The lowest BCUT2D eigenvalue weighted by atomic mass is 9.88. The van der Waals surface area contributed by atoms with E-state index in [1.165, 1.54) is 37.9 Å². The van der Waals surface area contributed by atoms with E-state index in [9.17, 15) is 0 Å². The largest absolute Gasteiger partial charge is 0.329 e. The predicted molar refractivity (Wildman–Crippen MR) is 82.3 cm³/mol. The first kappa shape index (κ1) is 14.5. The Hall–Kier alpha value is -0.860. The van der Waals surface area contributed by atoms with E-state index in [2.05, 4.69) is 49.1 Å². The van der Waals surface area contributed by atoms with Crippen LogP contribution in [0.25, 0.3) is 0 Å². The van der Waals surface area contributed by atoms with E-state index in [0.29, 0.717) is 12.0 Å². The molecule has 1 aliphatic rings. The van der Waals surface area contributed by atoms with Crippen LogP contribution in [0.1, 0.15) is 44.6 Å². The molecule has 3 atom stereocenters. The van der Waals surface area contributed by atoms with E-state index in [1.807, 2.05) is 0 Å². The first-order valence-electron chi connectivity index (χ1n) is 7.75. The number of hydrogen-bond donors (Lipinski definition) is 1. The van der Waals surface area contributed by atoms with Crippen molar-refractivity contribution in [2.75, 3.05) is 19.6 Å². The molecule has 1 aromatic carbocycles. The molecule has 1 heterocycles. The number of piperidine rings is 1. The second-order valence-electron chi connectivity index (χ2n) is 5.91. The van der Waals surface area contributed by atoms with Gasteiger partial charge in [-0.05, 0) is 36.8 Å². The van der Waals surface area contributed by atoms with Gasteiger partial charge in [0.1, 0.15) is 0 Å². The summed E-state index contributed by atoms with van der Waals surface area (Å²) in [4.78, 5) is 2.63. The lowest BCUT2D eigenvalue weighted by Gasteiger charge is -2.40. The summed E-state index contributed by atoms with van der Waals surface area (Å²) in [7, 11) is 0. The third-order valence-electron chi connectivity index (χ3n) is 4.74. The van der Waals surface area contributed by atoms with Gasteiger partial charge in [0, 0.05) is 19.1 Å². The molecular formula is C17H28N2. The van der Waals surface area contributed by atoms with Gasteiger partial charge < -0.3 is 5.73 Å². The maximum atomic E-state index is 6.09. The number of benzene rings is 1. The molecule has 2 N–H and O–H groups in total. The maximum absolute atomic E-state index is 6.09. The van der Waals surface area contributed by atoms with Gasteiger partial charge in [0.25, 0.3) is 0 Å². The third-order valence-corrected chi connectivity index (χ3v) is 4.74. The topological polar surface area (TPSA) is 29.3 Å². The Labute approximate surface area is 118 Å². The zero-order chi connectivity index (χ0) is 13.7. The number of rotatable bonds is 5. The lowest BCUT2D eigenvalue weighted by molar-refractivity contribution is 0.111. The van der Waals surface area contributed by atoms with Gasteiger partial charge in [0.2, 0.25) is 0 Å². The molecule has 3 unspecified atom stereocenters. The molecule has 106 valence electrons. The van der Waals surface area contributed by atoms with Gasteiger partial charge in [-0.2, -0.15) is 0 Å². The molecule has 1 saturated heterocycles.